The maximum absolute atomic E-state index is 5.97. The molecule has 1 fully saturated rings. The molecule has 0 aromatic heterocycles. The summed E-state index contributed by atoms with van der Waals surface area (Å²) in [6.07, 6.45) is -0.420. The third-order valence-electron chi connectivity index (χ3n) is 4.07. The summed E-state index contributed by atoms with van der Waals surface area (Å²) in [5.41, 5.74) is 3.06. The summed E-state index contributed by atoms with van der Waals surface area (Å²) in [4.78, 5) is 5.57. The number of benzene rings is 2. The monoisotopic (exact) mass is 295 g/mol. The molecule has 0 radical (unpaired) electrons. The van der Waals surface area contributed by atoms with E-state index >= 15 is 0 Å². The molecular formula is C18H17NO3. The molecule has 2 aromatic rings. The fraction of sp³-hybridized carbons (Fsp3) is 0.278. The first kappa shape index (κ1) is 13.5. The van der Waals surface area contributed by atoms with E-state index < -0.39 is 0 Å². The van der Waals surface area contributed by atoms with Crippen molar-refractivity contribution in [2.75, 3.05) is 13.2 Å². The second kappa shape index (κ2) is 5.91. The first-order valence-corrected chi connectivity index (χ1v) is 7.49. The van der Waals surface area contributed by atoms with Crippen molar-refractivity contribution >= 4 is 5.71 Å². The van der Waals surface area contributed by atoms with Crippen LogP contribution in [0.5, 0.6) is 0 Å². The van der Waals surface area contributed by atoms with Gasteiger partial charge in [-0.15, -0.1) is 0 Å². The predicted octanol–water partition coefficient (Wildman–Crippen LogP) is 3.15. The largest absolute Gasteiger partial charge is 0.389 e. The van der Waals surface area contributed by atoms with Gasteiger partial charge in [0, 0.05) is 5.56 Å². The number of hydrogen-bond donors (Lipinski definition) is 0. The van der Waals surface area contributed by atoms with E-state index in [1.165, 1.54) is 0 Å². The van der Waals surface area contributed by atoms with Crippen molar-refractivity contribution < 1.29 is 14.3 Å². The van der Waals surface area contributed by atoms with E-state index in [9.17, 15) is 0 Å². The Morgan fingerprint density at radius 2 is 1.50 bits per heavy atom. The van der Waals surface area contributed by atoms with E-state index in [0.29, 0.717) is 13.2 Å². The van der Waals surface area contributed by atoms with Crippen LogP contribution < -0.4 is 0 Å². The molecule has 2 aliphatic rings. The van der Waals surface area contributed by atoms with Gasteiger partial charge in [0.1, 0.15) is 0 Å². The Morgan fingerprint density at radius 1 is 0.818 bits per heavy atom. The molecule has 0 amide bonds. The van der Waals surface area contributed by atoms with Crippen LogP contribution in [-0.2, 0) is 14.3 Å². The van der Waals surface area contributed by atoms with E-state index in [0.717, 1.165) is 16.8 Å². The summed E-state index contributed by atoms with van der Waals surface area (Å²) in [6, 6.07) is 20.1. The van der Waals surface area contributed by atoms with Gasteiger partial charge in [-0.25, -0.2) is 0 Å². The van der Waals surface area contributed by atoms with Crippen LogP contribution in [0.1, 0.15) is 17.4 Å². The molecule has 3 unspecified atom stereocenters. The minimum absolute atomic E-state index is 0.0797. The lowest BCUT2D eigenvalue weighted by Gasteiger charge is -2.16. The number of ether oxygens (including phenoxy) is 2. The second-order valence-electron chi connectivity index (χ2n) is 5.50. The van der Waals surface area contributed by atoms with Gasteiger partial charge in [0.2, 0.25) is 0 Å². The van der Waals surface area contributed by atoms with Gasteiger partial charge >= 0.3 is 0 Å². The van der Waals surface area contributed by atoms with Crippen molar-refractivity contribution in [2.24, 2.45) is 11.1 Å². The molecule has 0 N–H and O–H groups in total. The Morgan fingerprint density at radius 3 is 2.27 bits per heavy atom. The highest BCUT2D eigenvalue weighted by atomic mass is 16.7. The zero-order valence-corrected chi connectivity index (χ0v) is 12.1. The first-order valence-electron chi connectivity index (χ1n) is 7.49. The minimum Gasteiger partial charge on any atom is -0.389 e. The zero-order valence-electron chi connectivity index (χ0n) is 12.1. The van der Waals surface area contributed by atoms with Gasteiger partial charge in [-0.1, -0.05) is 65.8 Å². The number of rotatable bonds is 2. The van der Waals surface area contributed by atoms with Crippen LogP contribution >= 0.6 is 0 Å². The summed E-state index contributed by atoms with van der Waals surface area (Å²) < 4.78 is 11.8. The summed E-state index contributed by atoms with van der Waals surface area (Å²) in [5, 5.41) is 4.25. The number of hydrogen-bond acceptors (Lipinski definition) is 4. The smallest absolute Gasteiger partial charge is 0.184 e. The van der Waals surface area contributed by atoms with Gasteiger partial charge in [-0.05, 0) is 5.56 Å². The molecule has 0 bridgehead atoms. The molecule has 4 rings (SSSR count). The third kappa shape index (κ3) is 2.51. The molecule has 112 valence electrons. The Balaban J connectivity index is 1.53. The van der Waals surface area contributed by atoms with Crippen LogP contribution in [0.4, 0.5) is 0 Å². The topological polar surface area (TPSA) is 40.0 Å². The molecule has 2 heterocycles. The van der Waals surface area contributed by atoms with Crippen LogP contribution in [0, 0.1) is 5.92 Å². The molecule has 4 heteroatoms. The maximum atomic E-state index is 5.97. The molecule has 4 nitrogen and oxygen atoms in total. The number of oxime groups is 1. The van der Waals surface area contributed by atoms with Gasteiger partial charge in [0.05, 0.1) is 24.8 Å². The molecule has 3 atom stereocenters. The van der Waals surface area contributed by atoms with Crippen molar-refractivity contribution in [2.45, 2.75) is 12.4 Å². The number of nitrogens with zero attached hydrogens (tertiary/aromatic N) is 1. The highest BCUT2D eigenvalue weighted by Crippen LogP contribution is 2.31. The second-order valence-corrected chi connectivity index (χ2v) is 5.50. The van der Waals surface area contributed by atoms with Crippen LogP contribution in [-0.4, -0.2) is 25.0 Å². The van der Waals surface area contributed by atoms with Gasteiger partial charge in [-0.3, -0.25) is 0 Å². The SMILES string of the molecule is c1ccc(C2=NOC3COC(c4ccccc4)OCC23)cc1. The quantitative estimate of drug-likeness (QED) is 0.854. The summed E-state index contributed by atoms with van der Waals surface area (Å²) in [6.45, 7) is 1.02. The highest BCUT2D eigenvalue weighted by Gasteiger charge is 2.39. The Hall–Kier alpha value is -2.17. The molecule has 1 saturated heterocycles. The number of fused-ring (bicyclic) bond motifs is 1. The highest BCUT2D eigenvalue weighted by molar-refractivity contribution is 6.03. The van der Waals surface area contributed by atoms with Crippen molar-refractivity contribution in [1.29, 1.82) is 0 Å². The van der Waals surface area contributed by atoms with Gasteiger partial charge in [-0.2, -0.15) is 0 Å². The summed E-state index contributed by atoms with van der Waals surface area (Å²) in [5.74, 6) is 0.108. The van der Waals surface area contributed by atoms with E-state index in [2.05, 4.69) is 5.16 Å². The average molecular weight is 295 g/mol. The molecule has 2 aromatic carbocycles. The third-order valence-corrected chi connectivity index (χ3v) is 4.07. The molecule has 0 saturated carbocycles. The van der Waals surface area contributed by atoms with E-state index in [1.807, 2.05) is 60.7 Å². The normalized spacial score (nSPS) is 27.5. The van der Waals surface area contributed by atoms with Crippen LogP contribution in [0.25, 0.3) is 0 Å². The molecule has 2 aliphatic heterocycles. The lowest BCUT2D eigenvalue weighted by atomic mass is 9.93. The Bertz CT molecular complexity index is 657. The Labute approximate surface area is 129 Å². The summed E-state index contributed by atoms with van der Waals surface area (Å²) >= 11 is 0. The van der Waals surface area contributed by atoms with Crippen LogP contribution in [0.3, 0.4) is 0 Å². The standard InChI is InChI=1S/C18H17NO3/c1-3-7-13(8-4-1)17-15-11-20-18(14-9-5-2-6-10-14)21-12-16(15)22-19-17/h1-10,15-16,18H,11-12H2. The van der Waals surface area contributed by atoms with Gasteiger partial charge in [0.25, 0.3) is 0 Å². The lowest BCUT2D eigenvalue weighted by molar-refractivity contribution is -0.139. The first-order chi connectivity index (χ1) is 10.9. The van der Waals surface area contributed by atoms with Crippen molar-refractivity contribution in [1.82, 2.24) is 0 Å². The van der Waals surface area contributed by atoms with E-state index in [1.54, 1.807) is 0 Å². The molecular weight excluding hydrogens is 278 g/mol. The van der Waals surface area contributed by atoms with Crippen molar-refractivity contribution in [3.8, 4) is 0 Å². The van der Waals surface area contributed by atoms with Crippen LogP contribution in [0.2, 0.25) is 0 Å². The molecule has 22 heavy (non-hydrogen) atoms. The molecule has 0 spiro atoms. The summed E-state index contributed by atoms with van der Waals surface area (Å²) in [7, 11) is 0. The molecule has 0 aliphatic carbocycles. The van der Waals surface area contributed by atoms with E-state index in [4.69, 9.17) is 14.3 Å². The fourth-order valence-corrected chi connectivity index (χ4v) is 2.87. The van der Waals surface area contributed by atoms with Gasteiger partial charge < -0.3 is 14.3 Å². The van der Waals surface area contributed by atoms with E-state index in [-0.39, 0.29) is 18.3 Å². The fourth-order valence-electron chi connectivity index (χ4n) is 2.87. The zero-order chi connectivity index (χ0) is 14.8. The average Bonchev–Trinajstić information content (AvgIpc) is 2.88. The maximum Gasteiger partial charge on any atom is 0.184 e. The minimum atomic E-state index is -0.340. The Kier molecular flexibility index (Phi) is 3.62. The van der Waals surface area contributed by atoms with Crippen molar-refractivity contribution in [3.63, 3.8) is 0 Å². The van der Waals surface area contributed by atoms with Crippen LogP contribution in [0.15, 0.2) is 65.8 Å². The lowest BCUT2D eigenvalue weighted by Crippen LogP contribution is -2.29. The van der Waals surface area contributed by atoms with Crippen molar-refractivity contribution in [3.05, 3.63) is 71.8 Å². The van der Waals surface area contributed by atoms with Gasteiger partial charge in [0.15, 0.2) is 12.4 Å². The predicted molar refractivity (Wildman–Crippen MR) is 82.4 cm³/mol.